The molecule has 174 valence electrons. The van der Waals surface area contributed by atoms with Crippen molar-refractivity contribution < 1.29 is 35.7 Å². The second kappa shape index (κ2) is 9.67. The summed E-state index contributed by atoms with van der Waals surface area (Å²) in [6.07, 6.45) is 0. The molecule has 0 fully saturated rings. The predicted molar refractivity (Wildman–Crippen MR) is 118 cm³/mol. The van der Waals surface area contributed by atoms with Gasteiger partial charge in [0.25, 0.3) is 26.0 Å². The van der Waals surface area contributed by atoms with Crippen LogP contribution in [0.15, 0.2) is 53.4 Å². The Labute approximate surface area is 186 Å². The first kappa shape index (κ1) is 25.3. The van der Waals surface area contributed by atoms with Gasteiger partial charge in [-0.05, 0) is 57.2 Å². The molecule has 10 nitrogen and oxygen atoms in total. The van der Waals surface area contributed by atoms with Gasteiger partial charge in [-0.15, -0.1) is 0 Å². The number of carbonyl (C=O) groups is 2. The van der Waals surface area contributed by atoms with E-state index in [1.165, 1.54) is 48.5 Å². The number of hydrogen-bond donors (Lipinski definition) is 3. The highest BCUT2D eigenvalue weighted by atomic mass is 32.2. The summed E-state index contributed by atoms with van der Waals surface area (Å²) in [5, 5.41) is 2.30. The lowest BCUT2D eigenvalue weighted by atomic mass is 9.97. The Balaban J connectivity index is 2.17. The lowest BCUT2D eigenvalue weighted by Crippen LogP contribution is -2.29. The molecule has 0 saturated carbocycles. The fourth-order valence-electron chi connectivity index (χ4n) is 2.31. The molecule has 0 bridgehead atoms. The molecule has 0 aliphatic heterocycles. The van der Waals surface area contributed by atoms with Gasteiger partial charge in [-0.3, -0.25) is 18.9 Å². The van der Waals surface area contributed by atoms with E-state index >= 15 is 0 Å². The summed E-state index contributed by atoms with van der Waals surface area (Å²) in [4.78, 5) is 24.2. The van der Waals surface area contributed by atoms with E-state index in [-0.39, 0.29) is 28.4 Å². The molecule has 3 N–H and O–H groups in total. The molecular formula is C20H24N2O8S2. The van der Waals surface area contributed by atoms with E-state index in [1.807, 2.05) is 0 Å². The number of anilines is 1. The Bertz CT molecular complexity index is 1200. The summed E-state index contributed by atoms with van der Waals surface area (Å²) in [5.74, 6) is -1.70. The number of ether oxygens (including phenoxy) is 1. The smallest absolute Gasteiger partial charge is 0.316 e. The maximum absolute atomic E-state index is 12.8. The third kappa shape index (κ3) is 7.32. The fourth-order valence-corrected chi connectivity index (χ4v) is 3.75. The second-order valence-electron chi connectivity index (χ2n) is 7.80. The van der Waals surface area contributed by atoms with Crippen molar-refractivity contribution in [2.45, 2.75) is 25.7 Å². The van der Waals surface area contributed by atoms with Crippen LogP contribution in [0.3, 0.4) is 0 Å². The molecule has 0 aliphatic carbocycles. The van der Waals surface area contributed by atoms with Gasteiger partial charge in [0.05, 0.1) is 27.3 Å². The maximum atomic E-state index is 12.8. The minimum atomic E-state index is -4.25. The molecule has 2 aromatic carbocycles. The second-order valence-corrected chi connectivity index (χ2v) is 11.1. The van der Waals surface area contributed by atoms with Crippen molar-refractivity contribution in [3.8, 4) is 5.75 Å². The highest BCUT2D eigenvalue weighted by molar-refractivity contribution is 7.92. The van der Waals surface area contributed by atoms with Crippen LogP contribution in [0.2, 0.25) is 0 Å². The molecular weight excluding hydrogens is 460 g/mol. The van der Waals surface area contributed by atoms with E-state index in [0.29, 0.717) is 0 Å². The van der Waals surface area contributed by atoms with E-state index in [2.05, 4.69) is 10.0 Å². The van der Waals surface area contributed by atoms with Gasteiger partial charge in [0, 0.05) is 6.54 Å². The number of rotatable bonds is 8. The van der Waals surface area contributed by atoms with Gasteiger partial charge in [0.2, 0.25) is 0 Å². The normalized spacial score (nSPS) is 12.1. The maximum Gasteiger partial charge on any atom is 0.316 e. The molecule has 0 atom stereocenters. The molecule has 0 saturated heterocycles. The number of para-hydroxylation sites is 1. The molecule has 1 amide bonds. The van der Waals surface area contributed by atoms with Crippen LogP contribution in [-0.4, -0.2) is 45.6 Å². The number of sulfonamides is 1. The number of carbonyl (C=O) groups excluding carboxylic acids is 2. The Kier molecular flexibility index (Phi) is 7.65. The number of amides is 1. The molecule has 12 heteroatoms. The zero-order valence-corrected chi connectivity index (χ0v) is 19.3. The topological polar surface area (TPSA) is 156 Å². The van der Waals surface area contributed by atoms with Crippen LogP contribution in [0.5, 0.6) is 5.75 Å². The molecule has 32 heavy (non-hydrogen) atoms. The molecule has 0 spiro atoms. The van der Waals surface area contributed by atoms with Crippen LogP contribution in [0.4, 0.5) is 5.69 Å². The lowest BCUT2D eigenvalue weighted by molar-refractivity contribution is -0.143. The fraction of sp³-hybridized carbons (Fsp3) is 0.300. The van der Waals surface area contributed by atoms with E-state index in [0.717, 1.165) is 0 Å². The van der Waals surface area contributed by atoms with Gasteiger partial charge in [-0.1, -0.05) is 12.1 Å². The van der Waals surface area contributed by atoms with E-state index in [4.69, 9.17) is 9.29 Å². The minimum absolute atomic E-state index is 0.0277. The average molecular weight is 485 g/mol. The first-order chi connectivity index (χ1) is 14.7. The van der Waals surface area contributed by atoms with Crippen molar-refractivity contribution >= 4 is 37.7 Å². The van der Waals surface area contributed by atoms with Gasteiger partial charge in [0.1, 0.15) is 5.75 Å². The molecule has 2 rings (SSSR count). The van der Waals surface area contributed by atoms with Crippen LogP contribution >= 0.6 is 0 Å². The van der Waals surface area contributed by atoms with Gasteiger partial charge in [0.15, 0.2) is 0 Å². The third-order valence-electron chi connectivity index (χ3n) is 4.02. The number of hydrogen-bond acceptors (Lipinski definition) is 7. The van der Waals surface area contributed by atoms with Crippen LogP contribution in [0, 0.1) is 5.41 Å². The SMILES string of the molecule is CC(C)(C)C(=O)Oc1ccc(S(=O)(=O)Nc2ccccc2C(=O)NCCS(=O)(=O)O)cc1. The summed E-state index contributed by atoms with van der Waals surface area (Å²) < 4.78 is 63.3. The average Bonchev–Trinajstić information content (AvgIpc) is 2.66. The molecule has 0 aliphatic rings. The van der Waals surface area contributed by atoms with E-state index in [1.54, 1.807) is 20.8 Å². The number of benzene rings is 2. The largest absolute Gasteiger partial charge is 0.426 e. The lowest BCUT2D eigenvalue weighted by Gasteiger charge is -2.16. The van der Waals surface area contributed by atoms with Crippen LogP contribution in [0.1, 0.15) is 31.1 Å². The van der Waals surface area contributed by atoms with Crippen LogP contribution < -0.4 is 14.8 Å². The van der Waals surface area contributed by atoms with Gasteiger partial charge < -0.3 is 10.1 Å². The van der Waals surface area contributed by atoms with Gasteiger partial charge >= 0.3 is 5.97 Å². The molecule has 0 aromatic heterocycles. The highest BCUT2D eigenvalue weighted by Crippen LogP contribution is 2.23. The molecule has 0 heterocycles. The quantitative estimate of drug-likeness (QED) is 0.292. The Morgan fingerprint density at radius 1 is 0.969 bits per heavy atom. The summed E-state index contributed by atoms with van der Waals surface area (Å²) in [7, 11) is -8.35. The third-order valence-corrected chi connectivity index (χ3v) is 6.12. The van der Waals surface area contributed by atoms with Crippen molar-refractivity contribution in [3.63, 3.8) is 0 Å². The van der Waals surface area contributed by atoms with Gasteiger partial charge in [-0.25, -0.2) is 8.42 Å². The predicted octanol–water partition coefficient (Wildman–Crippen LogP) is 2.06. The monoisotopic (exact) mass is 484 g/mol. The number of esters is 1. The highest BCUT2D eigenvalue weighted by Gasteiger charge is 2.24. The summed E-state index contributed by atoms with van der Waals surface area (Å²) >= 11 is 0. The standard InChI is InChI=1S/C20H24N2O8S2/c1-20(2,3)19(24)30-14-8-10-15(11-9-14)32(28,29)22-17-7-5-4-6-16(17)18(23)21-12-13-31(25,26)27/h4-11,22H,12-13H2,1-3H3,(H,21,23)(H,25,26,27). The molecule has 2 aromatic rings. The summed E-state index contributed by atoms with van der Waals surface area (Å²) in [6, 6.07) is 10.9. The summed E-state index contributed by atoms with van der Waals surface area (Å²) in [5.41, 5.74) is -0.792. The first-order valence-electron chi connectivity index (χ1n) is 9.36. The Hall–Kier alpha value is -2.96. The Morgan fingerprint density at radius 3 is 2.12 bits per heavy atom. The van der Waals surface area contributed by atoms with Crippen molar-refractivity contribution in [1.29, 1.82) is 0 Å². The van der Waals surface area contributed by atoms with Crippen molar-refractivity contribution in [1.82, 2.24) is 5.32 Å². The van der Waals surface area contributed by atoms with Crippen LogP contribution in [0.25, 0.3) is 0 Å². The van der Waals surface area contributed by atoms with Gasteiger partial charge in [-0.2, -0.15) is 8.42 Å². The van der Waals surface area contributed by atoms with Crippen molar-refractivity contribution in [2.75, 3.05) is 17.0 Å². The molecule has 0 unspecified atom stereocenters. The molecule has 0 radical (unpaired) electrons. The van der Waals surface area contributed by atoms with Crippen molar-refractivity contribution in [2.24, 2.45) is 5.41 Å². The van der Waals surface area contributed by atoms with E-state index in [9.17, 15) is 26.4 Å². The number of nitrogens with one attached hydrogen (secondary N) is 2. The zero-order chi connectivity index (χ0) is 24.2. The first-order valence-corrected chi connectivity index (χ1v) is 12.5. The zero-order valence-electron chi connectivity index (χ0n) is 17.7. The summed E-state index contributed by atoms with van der Waals surface area (Å²) in [6.45, 7) is 4.71. The van der Waals surface area contributed by atoms with E-state index < -0.39 is 43.2 Å². The van der Waals surface area contributed by atoms with Crippen molar-refractivity contribution in [3.05, 3.63) is 54.1 Å². The Morgan fingerprint density at radius 2 is 1.56 bits per heavy atom. The van der Waals surface area contributed by atoms with Crippen LogP contribution in [-0.2, 0) is 24.9 Å². The minimum Gasteiger partial charge on any atom is -0.426 e.